The van der Waals surface area contributed by atoms with Gasteiger partial charge in [0.05, 0.1) is 4.90 Å². The van der Waals surface area contributed by atoms with Gasteiger partial charge < -0.3 is 9.47 Å². The highest BCUT2D eigenvalue weighted by atomic mass is 32.2. The summed E-state index contributed by atoms with van der Waals surface area (Å²) in [7, 11) is -4.28. The van der Waals surface area contributed by atoms with E-state index in [9.17, 15) is 13.2 Å². The van der Waals surface area contributed by atoms with Crippen LogP contribution in [-0.4, -0.2) is 25.5 Å². The van der Waals surface area contributed by atoms with Crippen LogP contribution in [0.5, 0.6) is 11.5 Å². The Hall–Kier alpha value is -2.38. The Kier molecular flexibility index (Phi) is 7.60. The number of hydrogen-bond acceptors (Lipinski definition) is 5. The van der Waals surface area contributed by atoms with Gasteiger partial charge in [-0.25, -0.2) is 4.79 Å². The number of benzene rings is 2. The molecular formula is C21H26O6S. The molecule has 2 rings (SSSR count). The molecular weight excluding hydrogens is 380 g/mol. The molecule has 0 aliphatic rings. The Bertz CT molecular complexity index is 872. The molecule has 0 heterocycles. The van der Waals surface area contributed by atoms with Gasteiger partial charge in [0.2, 0.25) is 0 Å². The smallest absolute Gasteiger partial charge is 0.349 e. The van der Waals surface area contributed by atoms with Crippen molar-refractivity contribution < 1.29 is 27.2 Å². The molecule has 0 saturated carbocycles. The Balaban J connectivity index is 1.90. The minimum atomic E-state index is -4.28. The van der Waals surface area contributed by atoms with E-state index >= 15 is 0 Å². The second-order valence-corrected chi connectivity index (χ2v) is 8.10. The normalized spacial score (nSPS) is 13.6. The number of esters is 1. The zero-order valence-electron chi connectivity index (χ0n) is 16.3. The van der Waals surface area contributed by atoms with E-state index in [0.717, 1.165) is 25.0 Å². The molecule has 0 aromatic heterocycles. The van der Waals surface area contributed by atoms with E-state index < -0.39 is 16.1 Å². The first kappa shape index (κ1) is 21.9. The summed E-state index contributed by atoms with van der Waals surface area (Å²) in [5, 5.41) is 0. The molecule has 0 spiro atoms. The summed E-state index contributed by atoms with van der Waals surface area (Å²) in [6, 6.07) is 12.6. The van der Waals surface area contributed by atoms with Crippen molar-refractivity contribution in [3.63, 3.8) is 0 Å². The third kappa shape index (κ3) is 6.07. The first-order valence-electron chi connectivity index (χ1n) is 9.25. The van der Waals surface area contributed by atoms with E-state index in [1.165, 1.54) is 17.7 Å². The zero-order valence-corrected chi connectivity index (χ0v) is 17.1. The summed E-state index contributed by atoms with van der Waals surface area (Å²) < 4.78 is 41.5. The van der Waals surface area contributed by atoms with Crippen LogP contribution in [0.4, 0.5) is 0 Å². The van der Waals surface area contributed by atoms with Crippen molar-refractivity contribution in [3.8, 4) is 11.5 Å². The van der Waals surface area contributed by atoms with E-state index in [-0.39, 0.29) is 17.3 Å². The first-order valence-corrected chi connectivity index (χ1v) is 10.7. The van der Waals surface area contributed by atoms with Crippen LogP contribution in [0.1, 0.15) is 45.1 Å². The van der Waals surface area contributed by atoms with Crippen molar-refractivity contribution in [3.05, 3.63) is 54.1 Å². The molecule has 1 N–H and O–H groups in total. The van der Waals surface area contributed by atoms with Crippen LogP contribution in [0.25, 0.3) is 0 Å². The van der Waals surface area contributed by atoms with Crippen molar-refractivity contribution in [1.29, 1.82) is 0 Å². The van der Waals surface area contributed by atoms with Crippen molar-refractivity contribution in [1.82, 2.24) is 0 Å². The van der Waals surface area contributed by atoms with Crippen LogP contribution in [0, 0.1) is 5.92 Å². The fraction of sp³-hybridized carbons (Fsp3) is 0.381. The molecule has 2 unspecified atom stereocenters. The molecule has 0 saturated heterocycles. The number of carbonyl (C=O) groups excluding carboxylic acids is 1. The molecule has 0 aliphatic carbocycles. The lowest BCUT2D eigenvalue weighted by Crippen LogP contribution is -2.17. The largest absolute Gasteiger partial charge is 0.482 e. The average Bonchev–Trinajstić information content (AvgIpc) is 2.67. The second kappa shape index (κ2) is 9.71. The third-order valence-corrected chi connectivity index (χ3v) is 5.66. The third-order valence-electron chi connectivity index (χ3n) is 4.79. The summed E-state index contributed by atoms with van der Waals surface area (Å²) >= 11 is 0. The quantitative estimate of drug-likeness (QED) is 0.376. The minimum Gasteiger partial charge on any atom is -0.482 e. The lowest BCUT2D eigenvalue weighted by Gasteiger charge is -2.22. The lowest BCUT2D eigenvalue weighted by molar-refractivity contribution is -0.136. The fourth-order valence-corrected chi connectivity index (χ4v) is 3.53. The highest BCUT2D eigenvalue weighted by Gasteiger charge is 2.16. The average molecular weight is 407 g/mol. The molecule has 2 aromatic rings. The number of carbonyl (C=O) groups is 1. The Morgan fingerprint density at radius 3 is 2.04 bits per heavy atom. The molecule has 0 amide bonds. The van der Waals surface area contributed by atoms with Gasteiger partial charge in [-0.1, -0.05) is 39.3 Å². The van der Waals surface area contributed by atoms with Crippen molar-refractivity contribution in [2.24, 2.45) is 5.92 Å². The highest BCUT2D eigenvalue weighted by molar-refractivity contribution is 7.85. The van der Waals surface area contributed by atoms with Crippen LogP contribution in [-0.2, 0) is 14.9 Å². The van der Waals surface area contributed by atoms with Gasteiger partial charge in [-0.15, -0.1) is 0 Å². The minimum absolute atomic E-state index is 0.163. The van der Waals surface area contributed by atoms with Crippen LogP contribution in [0.2, 0.25) is 0 Å². The second-order valence-electron chi connectivity index (χ2n) is 6.68. The van der Waals surface area contributed by atoms with Crippen LogP contribution < -0.4 is 9.47 Å². The number of rotatable bonds is 9. The van der Waals surface area contributed by atoms with Gasteiger partial charge in [-0.2, -0.15) is 8.42 Å². The van der Waals surface area contributed by atoms with Gasteiger partial charge in [-0.05, 0) is 60.2 Å². The molecule has 7 heteroatoms. The summed E-state index contributed by atoms with van der Waals surface area (Å²) in [6.45, 7) is 6.34. The van der Waals surface area contributed by atoms with Gasteiger partial charge >= 0.3 is 5.97 Å². The molecule has 0 radical (unpaired) electrons. The molecule has 2 aromatic carbocycles. The maximum absolute atomic E-state index is 11.9. The zero-order chi connectivity index (χ0) is 20.7. The Labute approximate surface area is 166 Å². The molecule has 6 nitrogen and oxygen atoms in total. The highest BCUT2D eigenvalue weighted by Crippen LogP contribution is 2.31. The number of ether oxygens (including phenoxy) is 2. The van der Waals surface area contributed by atoms with Crippen LogP contribution in [0.15, 0.2) is 53.4 Å². The van der Waals surface area contributed by atoms with E-state index in [1.54, 1.807) is 0 Å². The van der Waals surface area contributed by atoms with E-state index in [1.807, 2.05) is 24.3 Å². The van der Waals surface area contributed by atoms with Crippen LogP contribution >= 0.6 is 0 Å². The molecule has 0 aliphatic heterocycles. The Morgan fingerprint density at radius 2 is 1.54 bits per heavy atom. The van der Waals surface area contributed by atoms with E-state index in [2.05, 4.69) is 20.8 Å². The summed E-state index contributed by atoms with van der Waals surface area (Å²) in [5.74, 6) is 1.21. The van der Waals surface area contributed by atoms with Gasteiger partial charge in [0.1, 0.15) is 11.5 Å². The van der Waals surface area contributed by atoms with E-state index in [0.29, 0.717) is 17.6 Å². The predicted octanol–water partition coefficient (Wildman–Crippen LogP) is 4.46. The fourth-order valence-electron chi connectivity index (χ4n) is 3.05. The maximum Gasteiger partial charge on any atom is 0.349 e. The van der Waals surface area contributed by atoms with Gasteiger partial charge in [0.15, 0.2) is 6.61 Å². The van der Waals surface area contributed by atoms with Crippen molar-refractivity contribution in [2.45, 2.75) is 44.4 Å². The molecule has 152 valence electrons. The molecule has 28 heavy (non-hydrogen) atoms. The molecule has 0 fully saturated rings. The molecule has 2 atom stereocenters. The number of hydrogen-bond donors (Lipinski definition) is 1. The molecule has 0 bridgehead atoms. The monoisotopic (exact) mass is 406 g/mol. The summed E-state index contributed by atoms with van der Waals surface area (Å²) in [5.41, 5.74) is 1.26. The Morgan fingerprint density at radius 1 is 0.964 bits per heavy atom. The summed E-state index contributed by atoms with van der Waals surface area (Å²) in [6.07, 6.45) is 2.19. The first-order chi connectivity index (χ1) is 13.2. The topological polar surface area (TPSA) is 89.9 Å². The van der Waals surface area contributed by atoms with Gasteiger partial charge in [0.25, 0.3) is 10.1 Å². The van der Waals surface area contributed by atoms with Gasteiger partial charge in [0, 0.05) is 0 Å². The van der Waals surface area contributed by atoms with Gasteiger partial charge in [-0.3, -0.25) is 4.55 Å². The maximum atomic E-state index is 11.9. The van der Waals surface area contributed by atoms with Crippen molar-refractivity contribution >= 4 is 16.1 Å². The van der Waals surface area contributed by atoms with Crippen molar-refractivity contribution in [2.75, 3.05) is 6.61 Å². The SMILES string of the molecule is CCC(C)C(CC)c1ccc(OCC(=O)Oc2ccc(S(=O)(=O)O)cc2)cc1. The van der Waals surface area contributed by atoms with Crippen LogP contribution in [0.3, 0.4) is 0 Å². The lowest BCUT2D eigenvalue weighted by atomic mass is 9.84. The summed E-state index contributed by atoms with van der Waals surface area (Å²) in [4.78, 5) is 11.6. The van der Waals surface area contributed by atoms with E-state index in [4.69, 9.17) is 14.0 Å². The standard InChI is InChI=1S/C21H26O6S/c1-4-15(3)20(5-2)16-6-8-17(9-7-16)26-14-21(22)27-18-10-12-19(13-11-18)28(23,24)25/h6-13,15,20H,4-5,14H2,1-3H3,(H,23,24,25). The predicted molar refractivity (Wildman–Crippen MR) is 106 cm³/mol.